The van der Waals surface area contributed by atoms with Gasteiger partial charge in [-0.1, -0.05) is 30.3 Å². The Kier molecular flexibility index (Phi) is 12.5. The Morgan fingerprint density at radius 2 is 1.69 bits per heavy atom. The number of amides is 1. The first-order chi connectivity index (χ1) is 19.5. The highest BCUT2D eigenvalue weighted by molar-refractivity contribution is 7.92. The summed E-state index contributed by atoms with van der Waals surface area (Å²) in [6, 6.07) is 13.5. The lowest BCUT2D eigenvalue weighted by Gasteiger charge is -2.17. The molecule has 0 saturated heterocycles. The number of nitrogens with one attached hydrogen (secondary N) is 2. The van der Waals surface area contributed by atoms with Crippen molar-refractivity contribution in [3.63, 3.8) is 0 Å². The average Bonchev–Trinajstić information content (AvgIpc) is 3.46. The van der Waals surface area contributed by atoms with Gasteiger partial charge in [0.2, 0.25) is 5.91 Å². The maximum Gasteiger partial charge on any atom is 0.490 e. The molecule has 1 aliphatic rings. The Morgan fingerprint density at radius 3 is 2.24 bits per heavy atom. The molecule has 11 nitrogen and oxygen atoms in total. The third-order valence-corrected chi connectivity index (χ3v) is 8.60. The number of carbonyl (C=O) groups excluding carboxylic acids is 1. The second-order valence-corrected chi connectivity index (χ2v) is 13.3. The van der Waals surface area contributed by atoms with Crippen LogP contribution in [-0.4, -0.2) is 96.1 Å². The van der Waals surface area contributed by atoms with Crippen molar-refractivity contribution in [1.29, 1.82) is 0 Å². The summed E-state index contributed by atoms with van der Waals surface area (Å²) < 4.78 is 80.0. The number of nitrogens with zero attached hydrogens (tertiary/aromatic N) is 2. The second-order valence-electron chi connectivity index (χ2n) is 9.33. The number of carboxylic acid groups (broad SMARTS) is 1. The smallest absolute Gasteiger partial charge is 0.475 e. The number of carbonyl (C=O) groups is 2. The number of hydrogen-bond acceptors (Lipinski definition) is 9. The minimum atomic E-state index is -5.08. The van der Waals surface area contributed by atoms with E-state index in [1.807, 2.05) is 24.3 Å². The molecule has 0 atom stereocenters. The van der Waals surface area contributed by atoms with Crippen LogP contribution in [0.25, 0.3) is 0 Å². The number of likely N-dealkylation sites (N-methyl/N-ethyl adjacent to an activating group) is 1. The Morgan fingerprint density at radius 1 is 1.07 bits per heavy atom. The molecule has 16 heteroatoms. The first kappa shape index (κ1) is 34.7. The van der Waals surface area contributed by atoms with E-state index in [0.29, 0.717) is 25.9 Å². The van der Waals surface area contributed by atoms with Crippen LogP contribution in [0.5, 0.6) is 0 Å². The van der Waals surface area contributed by atoms with Gasteiger partial charge in [-0.3, -0.25) is 9.79 Å². The van der Waals surface area contributed by atoms with Crippen molar-refractivity contribution >= 4 is 37.4 Å². The molecular weight excluding hydrogens is 601 g/mol. The van der Waals surface area contributed by atoms with Crippen LogP contribution in [0.2, 0.25) is 0 Å². The van der Waals surface area contributed by atoms with Crippen LogP contribution in [0.3, 0.4) is 0 Å². The van der Waals surface area contributed by atoms with E-state index in [4.69, 9.17) is 9.90 Å². The summed E-state index contributed by atoms with van der Waals surface area (Å²) in [7, 11) is -5.42. The van der Waals surface area contributed by atoms with Gasteiger partial charge in [-0.25, -0.2) is 21.6 Å². The number of sulfone groups is 2. The molecule has 1 amide bonds. The Balaban J connectivity index is 0.000000782. The van der Waals surface area contributed by atoms with Crippen molar-refractivity contribution in [2.75, 3.05) is 45.4 Å². The van der Waals surface area contributed by atoms with Crippen molar-refractivity contribution in [1.82, 2.24) is 15.5 Å². The number of aliphatic imine (C=N–C) groups is 1. The van der Waals surface area contributed by atoms with Crippen molar-refractivity contribution in [3.8, 4) is 0 Å². The zero-order valence-electron chi connectivity index (χ0n) is 23.0. The quantitative estimate of drug-likeness (QED) is 0.296. The number of amidine groups is 1. The highest BCUT2D eigenvalue weighted by atomic mass is 32.2. The molecule has 0 aromatic heterocycles. The number of benzene rings is 2. The lowest BCUT2D eigenvalue weighted by molar-refractivity contribution is -0.192. The van der Waals surface area contributed by atoms with E-state index in [-0.39, 0.29) is 21.6 Å². The largest absolute Gasteiger partial charge is 0.490 e. The summed E-state index contributed by atoms with van der Waals surface area (Å²) in [4.78, 5) is 27.3. The first-order valence-corrected chi connectivity index (χ1v) is 16.2. The summed E-state index contributed by atoms with van der Waals surface area (Å²) in [6.07, 6.45) is -2.51. The number of alkyl halides is 3. The molecule has 0 spiro atoms. The van der Waals surface area contributed by atoms with E-state index < -0.39 is 31.8 Å². The van der Waals surface area contributed by atoms with E-state index in [2.05, 4.69) is 15.6 Å². The minimum Gasteiger partial charge on any atom is -0.475 e. The van der Waals surface area contributed by atoms with Gasteiger partial charge >= 0.3 is 12.1 Å². The van der Waals surface area contributed by atoms with Gasteiger partial charge in [0.05, 0.1) is 16.3 Å². The van der Waals surface area contributed by atoms with E-state index in [1.165, 1.54) is 18.2 Å². The van der Waals surface area contributed by atoms with E-state index in [9.17, 15) is 34.8 Å². The van der Waals surface area contributed by atoms with Gasteiger partial charge in [-0.15, -0.1) is 0 Å². The van der Waals surface area contributed by atoms with E-state index in [1.54, 1.807) is 11.9 Å². The highest BCUT2D eigenvalue weighted by Gasteiger charge is 2.38. The molecule has 0 bridgehead atoms. The molecule has 2 aromatic rings. The molecule has 1 heterocycles. The molecule has 2 aromatic carbocycles. The third-order valence-electron chi connectivity index (χ3n) is 5.93. The number of aliphatic carboxylic acids is 1. The highest BCUT2D eigenvalue weighted by Crippen LogP contribution is 2.17. The lowest BCUT2D eigenvalue weighted by Crippen LogP contribution is -2.30. The summed E-state index contributed by atoms with van der Waals surface area (Å²) in [5.74, 6) is -2.17. The van der Waals surface area contributed by atoms with Gasteiger partial charge in [-0.05, 0) is 43.1 Å². The van der Waals surface area contributed by atoms with Crippen LogP contribution in [0.1, 0.15) is 24.0 Å². The van der Waals surface area contributed by atoms with Crippen molar-refractivity contribution in [2.24, 2.45) is 4.99 Å². The molecule has 3 N–H and O–H groups in total. The van der Waals surface area contributed by atoms with Gasteiger partial charge in [0.25, 0.3) is 0 Å². The fraction of sp³-hybridized carbons (Fsp3) is 0.423. The second kappa shape index (κ2) is 15.1. The van der Waals surface area contributed by atoms with Gasteiger partial charge in [0.15, 0.2) is 19.7 Å². The van der Waals surface area contributed by atoms with Crippen LogP contribution in [0.4, 0.5) is 13.2 Å². The van der Waals surface area contributed by atoms with Gasteiger partial charge in [-0.2, -0.15) is 13.2 Å². The zero-order valence-corrected chi connectivity index (χ0v) is 24.7. The first-order valence-electron chi connectivity index (χ1n) is 12.7. The molecule has 3 rings (SSSR count). The normalized spacial score (nSPS) is 13.4. The molecule has 0 radical (unpaired) electrons. The van der Waals surface area contributed by atoms with Crippen LogP contribution >= 0.6 is 0 Å². The van der Waals surface area contributed by atoms with Crippen LogP contribution in [0.15, 0.2) is 63.3 Å². The van der Waals surface area contributed by atoms with Crippen LogP contribution in [0, 0.1) is 0 Å². The molecule has 0 aliphatic carbocycles. The molecule has 0 unspecified atom stereocenters. The molecule has 0 fully saturated rings. The summed E-state index contributed by atoms with van der Waals surface area (Å²) >= 11 is 0. The predicted octanol–water partition coefficient (Wildman–Crippen LogP) is 1.88. The number of halogens is 3. The van der Waals surface area contributed by atoms with Crippen molar-refractivity contribution in [2.45, 2.75) is 35.2 Å². The predicted molar refractivity (Wildman–Crippen MR) is 150 cm³/mol. The number of carboxylic acids is 1. The van der Waals surface area contributed by atoms with Crippen molar-refractivity contribution in [3.05, 3.63) is 59.7 Å². The molecule has 0 saturated carbocycles. The Labute approximate surface area is 242 Å². The van der Waals surface area contributed by atoms with E-state index in [0.717, 1.165) is 48.8 Å². The molecule has 232 valence electrons. The standard InChI is InChI=1S/C24H32N4O5S2.C2HF3O2/c1-28(16-12-19-8-10-20(11-9-19)24-26-14-15-27-24)23(29)7-4-13-25-18-35(32,33)22-6-3-5-21(17-22)34(2,30)31;3-2(4,5)1(6)7/h3,5-6,8-11,17,25H,4,7,12-16,18H2,1-2H3,(H,26,27);(H,6,7). The molecule has 42 heavy (non-hydrogen) atoms. The third kappa shape index (κ3) is 11.4. The molecule has 1 aliphatic heterocycles. The van der Waals surface area contributed by atoms with E-state index >= 15 is 0 Å². The number of hydrogen-bond donors (Lipinski definition) is 3. The lowest BCUT2D eigenvalue weighted by atomic mass is 10.1. The van der Waals surface area contributed by atoms with Crippen LogP contribution in [-0.2, 0) is 35.7 Å². The zero-order chi connectivity index (χ0) is 31.6. The minimum absolute atomic E-state index is 0.00311. The van der Waals surface area contributed by atoms with Crippen molar-refractivity contribution < 1.29 is 44.7 Å². The SMILES string of the molecule is CN(CCc1ccc(C2=NCCN2)cc1)C(=O)CCCNCS(=O)(=O)c1cccc(S(C)(=O)=O)c1.O=C(O)C(F)(F)F. The Hall–Kier alpha value is -3.50. The summed E-state index contributed by atoms with van der Waals surface area (Å²) in [5, 5.41) is 13.2. The topological polar surface area (TPSA) is 162 Å². The summed E-state index contributed by atoms with van der Waals surface area (Å²) in [5.41, 5.74) is 2.20. The summed E-state index contributed by atoms with van der Waals surface area (Å²) in [6.45, 7) is 2.61. The maximum absolute atomic E-state index is 12.5. The average molecular weight is 635 g/mol. The maximum atomic E-state index is 12.5. The fourth-order valence-electron chi connectivity index (χ4n) is 3.59. The van der Waals surface area contributed by atoms with Gasteiger partial charge in [0, 0.05) is 38.4 Å². The van der Waals surface area contributed by atoms with Crippen LogP contribution < -0.4 is 10.6 Å². The van der Waals surface area contributed by atoms with Gasteiger partial charge < -0.3 is 20.6 Å². The monoisotopic (exact) mass is 634 g/mol. The molecular formula is C26H33F3N4O7S2. The number of rotatable bonds is 12. The van der Waals surface area contributed by atoms with Gasteiger partial charge in [0.1, 0.15) is 11.7 Å². The fourth-order valence-corrected chi connectivity index (χ4v) is 5.50. The Bertz CT molecular complexity index is 1480.